The van der Waals surface area contributed by atoms with E-state index >= 15 is 0 Å². The molecule has 13 N–H and O–H groups in total. The Hall–Kier alpha value is -11.3. The van der Waals surface area contributed by atoms with Gasteiger partial charge in [0.05, 0.1) is 38.7 Å². The SMILES string of the molecule is CC(C)[C@H](NC(=O)[C@H](CCCCNC(=O)CCOCCOCCNC(=O)c1ccc(C(=O)NCCCCCCNC(=O)CC[C@H](NC(=O)N[C@@H](CCC(=O)OC(C)(C)C)C(=O)OC(C)(C)C)C(=O)OC(C)(C)C)cc1)NC(=O)CCCN1C(=O)C=CC1=O)C(=O)N[C@@H](C)C(=O)NCC(=O)Nc1cc(C[C@@H](CCC(=O)OC(C)(C)C)NC(=O)OC(C)(C)C)ccc1O. The Morgan fingerprint density at radius 1 is 0.413 bits per heavy atom. The summed E-state index contributed by atoms with van der Waals surface area (Å²) in [6, 6.07) is 2.69. The number of alkyl carbamates (subject to hydrolysis) is 1. The first-order valence-electron chi connectivity index (χ1n) is 42.9. The molecule has 1 heterocycles. The first-order chi connectivity index (χ1) is 58.7. The van der Waals surface area contributed by atoms with Crippen LogP contribution in [-0.4, -0.2) is 241 Å². The van der Waals surface area contributed by atoms with Gasteiger partial charge in [-0.3, -0.25) is 67.2 Å². The van der Waals surface area contributed by atoms with Crippen molar-refractivity contribution in [2.45, 2.75) is 298 Å². The standard InChI is InChI=1S/C88H137N13O25/c1-55(2)74(79(115)94-56(3)75(111)93-54-69(106)97-64-53-57(28-36-65(64)102)52-60(95-83(119)126-88(16,17)18)33-40-72(109)122-84(4,5)6)100-78(114)61(96-68(105)27-25-47-101-70(107)38-39-71(101)108)26-21-24-44-90-67(104)42-48-120-50-51-121-49-46-92-77(113)59-31-29-58(30-32-59)76(112)91-45-23-20-19-22-43-89-66(103)37-34-62(80(116)124-86(10,11)12)98-82(118)99-63(81(117)125-87(13,14)15)35-41-73(110)123-85(7,8)9/h28-32,36,38-39,53,55-56,60-63,74,102H,19-27,33-35,37,40-52,54H2,1-18H3,(H,89,103)(H,90,104)(H,91,112)(H,92,113)(H,93,111)(H,94,115)(H,95,119)(H,96,105)(H,97,106)(H,100,114)(H2,98,99,118)/t56-,60+,61-,62-,63-,74-/m0/s1. The van der Waals surface area contributed by atoms with Crippen molar-refractivity contribution < 1.29 is 120 Å². The van der Waals surface area contributed by atoms with Crippen molar-refractivity contribution >= 4 is 107 Å². The molecule has 0 unspecified atom stereocenters. The summed E-state index contributed by atoms with van der Waals surface area (Å²) >= 11 is 0. The van der Waals surface area contributed by atoms with E-state index in [9.17, 15) is 86.6 Å². The van der Waals surface area contributed by atoms with Gasteiger partial charge >= 0.3 is 36.0 Å². The topological polar surface area (TPSA) is 523 Å². The molecule has 0 saturated heterocycles. The second-order valence-corrected chi connectivity index (χ2v) is 35.8. The number of hydrogen-bond donors (Lipinski definition) is 13. The van der Waals surface area contributed by atoms with Gasteiger partial charge in [-0.15, -0.1) is 0 Å². The molecule has 1 aliphatic rings. The van der Waals surface area contributed by atoms with E-state index in [1.165, 1.54) is 43.3 Å². The molecule has 126 heavy (non-hydrogen) atoms. The van der Waals surface area contributed by atoms with Crippen LogP contribution in [0.25, 0.3) is 0 Å². The van der Waals surface area contributed by atoms with E-state index in [0.29, 0.717) is 55.5 Å². The number of carbonyl (C=O) groups excluding carboxylic acids is 17. The third-order valence-electron chi connectivity index (χ3n) is 17.9. The zero-order chi connectivity index (χ0) is 94.7. The third-order valence-corrected chi connectivity index (χ3v) is 17.9. The normalized spacial score (nSPS) is 13.7. The predicted molar refractivity (Wildman–Crippen MR) is 464 cm³/mol. The maximum Gasteiger partial charge on any atom is 0.407 e. The van der Waals surface area contributed by atoms with Crippen molar-refractivity contribution in [2.75, 3.05) is 71.0 Å². The summed E-state index contributed by atoms with van der Waals surface area (Å²) < 4.78 is 38.3. The average Bonchev–Trinajstić information content (AvgIpc) is 0.879. The Bertz CT molecular complexity index is 4000. The fourth-order valence-corrected chi connectivity index (χ4v) is 11.9. The molecular weight excluding hydrogens is 1640 g/mol. The Morgan fingerprint density at radius 3 is 1.42 bits per heavy atom. The second-order valence-electron chi connectivity index (χ2n) is 35.8. The van der Waals surface area contributed by atoms with Crippen LogP contribution in [-0.2, 0) is 102 Å². The maximum atomic E-state index is 14.0. The molecule has 0 spiro atoms. The average molecular weight is 1780 g/mol. The number of amides is 14. The Kier molecular flexibility index (Phi) is 46.6. The van der Waals surface area contributed by atoms with Gasteiger partial charge in [-0.25, -0.2) is 19.2 Å². The quantitative estimate of drug-likeness (QED) is 0.0119. The van der Waals surface area contributed by atoms with E-state index in [1.807, 2.05) is 0 Å². The van der Waals surface area contributed by atoms with Gasteiger partial charge in [0.25, 0.3) is 23.6 Å². The monoisotopic (exact) mass is 1780 g/mol. The number of benzene rings is 2. The summed E-state index contributed by atoms with van der Waals surface area (Å²) in [6.07, 6.45) is 4.52. The van der Waals surface area contributed by atoms with Crippen molar-refractivity contribution in [1.29, 1.82) is 0 Å². The van der Waals surface area contributed by atoms with Crippen LogP contribution in [0.1, 0.15) is 254 Å². The lowest BCUT2D eigenvalue weighted by Gasteiger charge is -2.27. The lowest BCUT2D eigenvalue weighted by Crippen LogP contribution is -2.58. The van der Waals surface area contributed by atoms with Crippen molar-refractivity contribution in [3.63, 3.8) is 0 Å². The van der Waals surface area contributed by atoms with Gasteiger partial charge in [0.1, 0.15) is 64.0 Å². The lowest BCUT2D eigenvalue weighted by atomic mass is 10.0. The van der Waals surface area contributed by atoms with E-state index in [1.54, 1.807) is 124 Å². The molecule has 38 heteroatoms. The number of nitrogens with zero attached hydrogens (tertiary/aromatic N) is 1. The zero-order valence-electron chi connectivity index (χ0n) is 76.5. The fraction of sp³-hybridized carbons (Fsp3) is 0.648. The van der Waals surface area contributed by atoms with Gasteiger partial charge in [-0.1, -0.05) is 32.8 Å². The van der Waals surface area contributed by atoms with E-state index in [0.717, 1.165) is 29.9 Å². The molecule has 6 atom stereocenters. The van der Waals surface area contributed by atoms with Crippen LogP contribution < -0.4 is 63.8 Å². The number of unbranched alkanes of at least 4 members (excludes halogenated alkanes) is 4. The number of aromatic hydroxyl groups is 1. The Balaban J connectivity index is 1.38. The Morgan fingerprint density at radius 2 is 0.897 bits per heavy atom. The van der Waals surface area contributed by atoms with Crippen molar-refractivity contribution in [3.05, 3.63) is 71.3 Å². The minimum absolute atomic E-state index is 0.0109. The number of esters is 4. The third kappa shape index (κ3) is 48.3. The first kappa shape index (κ1) is 109. The highest BCUT2D eigenvalue weighted by molar-refractivity contribution is 6.13. The summed E-state index contributed by atoms with van der Waals surface area (Å²) in [7, 11) is 0. The lowest BCUT2D eigenvalue weighted by molar-refractivity contribution is -0.159. The van der Waals surface area contributed by atoms with Crippen molar-refractivity contribution in [3.8, 4) is 5.75 Å². The van der Waals surface area contributed by atoms with Crippen LogP contribution in [0.5, 0.6) is 5.75 Å². The molecule has 2 aromatic rings. The summed E-state index contributed by atoms with van der Waals surface area (Å²) in [5, 5.41) is 42.6. The summed E-state index contributed by atoms with van der Waals surface area (Å²) in [5.41, 5.74) is -2.97. The van der Waals surface area contributed by atoms with Crippen LogP contribution in [0.2, 0.25) is 0 Å². The zero-order valence-corrected chi connectivity index (χ0v) is 76.5. The summed E-state index contributed by atoms with van der Waals surface area (Å²) in [4.78, 5) is 222. The second kappa shape index (κ2) is 53.9. The number of nitrogens with one attached hydrogen (secondary N) is 12. The number of carbonyl (C=O) groups is 17. The van der Waals surface area contributed by atoms with Gasteiger partial charge < -0.3 is 102 Å². The van der Waals surface area contributed by atoms with E-state index in [-0.39, 0.29) is 152 Å². The number of imide groups is 1. The van der Waals surface area contributed by atoms with Gasteiger partial charge in [-0.05, 0) is 223 Å². The van der Waals surface area contributed by atoms with E-state index in [4.69, 9.17) is 33.2 Å². The number of anilines is 1. The van der Waals surface area contributed by atoms with Gasteiger partial charge in [0.2, 0.25) is 41.4 Å². The maximum absolute atomic E-state index is 14.0. The molecule has 0 aromatic heterocycles. The van der Waals surface area contributed by atoms with Crippen LogP contribution in [0.15, 0.2) is 54.6 Å². The number of ether oxygens (including phenoxy) is 7. The fourth-order valence-electron chi connectivity index (χ4n) is 11.9. The molecule has 14 amide bonds. The van der Waals surface area contributed by atoms with Gasteiger partial charge in [-0.2, -0.15) is 0 Å². The minimum atomic E-state index is -1.28. The van der Waals surface area contributed by atoms with Crippen LogP contribution in [0, 0.1) is 5.92 Å². The number of hydrogen-bond acceptors (Lipinski definition) is 25. The molecule has 0 bridgehead atoms. The number of rotatable bonds is 53. The van der Waals surface area contributed by atoms with E-state index < -0.39 is 154 Å². The molecule has 0 saturated carbocycles. The molecular formula is C88H137N13O25. The molecule has 1 aliphatic heterocycles. The first-order valence-corrected chi connectivity index (χ1v) is 42.9. The molecule has 0 aliphatic carbocycles. The highest BCUT2D eigenvalue weighted by Crippen LogP contribution is 2.27. The van der Waals surface area contributed by atoms with Gasteiger partial charge in [0, 0.05) is 94.1 Å². The molecule has 0 radical (unpaired) electrons. The van der Waals surface area contributed by atoms with Crippen molar-refractivity contribution in [2.24, 2.45) is 5.92 Å². The molecule has 2 aromatic carbocycles. The highest BCUT2D eigenvalue weighted by Gasteiger charge is 2.35. The summed E-state index contributed by atoms with van der Waals surface area (Å²) in [5.74, 6) is -9.62. The highest BCUT2D eigenvalue weighted by atomic mass is 16.6. The molecule has 704 valence electrons. The molecule has 0 fully saturated rings. The summed E-state index contributed by atoms with van der Waals surface area (Å²) in [6.45, 7) is 30.9. The number of urea groups is 1. The smallest absolute Gasteiger partial charge is 0.407 e. The Labute approximate surface area is 738 Å². The minimum Gasteiger partial charge on any atom is -0.506 e. The number of phenolic OH excluding ortho intramolecular Hbond substituents is 1. The van der Waals surface area contributed by atoms with Crippen LogP contribution in [0.4, 0.5) is 15.3 Å². The predicted octanol–water partition coefficient (Wildman–Crippen LogP) is 6.01. The largest absolute Gasteiger partial charge is 0.506 e. The van der Waals surface area contributed by atoms with Gasteiger partial charge in [0.15, 0.2) is 0 Å². The van der Waals surface area contributed by atoms with Crippen LogP contribution >= 0.6 is 0 Å². The van der Waals surface area contributed by atoms with E-state index in [2.05, 4.69) is 63.8 Å². The molecule has 38 nitrogen and oxygen atoms in total. The molecule has 3 rings (SSSR count). The van der Waals surface area contributed by atoms with Crippen molar-refractivity contribution in [1.82, 2.24) is 63.4 Å². The van der Waals surface area contributed by atoms with Crippen LogP contribution in [0.3, 0.4) is 0 Å². The number of phenols is 1.